The molecule has 0 aliphatic heterocycles. The van der Waals surface area contributed by atoms with Gasteiger partial charge >= 0.3 is 0 Å². The zero-order valence-electron chi connectivity index (χ0n) is 6.60. The lowest BCUT2D eigenvalue weighted by molar-refractivity contribution is 0.0958. The van der Waals surface area contributed by atoms with E-state index in [1.54, 1.807) is 6.92 Å². The average Bonchev–Trinajstić information content (AvgIpc) is 2.08. The van der Waals surface area contributed by atoms with E-state index in [-0.39, 0.29) is 5.56 Å². The largest absolute Gasteiger partial charge is 0.291 e. The molecular weight excluding hydrogens is 162 g/mol. The number of hydrogen-bond donors (Lipinski definition) is 0. The molecule has 0 heterocycles. The molecule has 0 saturated heterocycles. The number of Topliss-reactive ketones (excluding diaryl/α,β-unsaturated/α-hetero) is 1. The molecule has 0 N–H and O–H groups in total. The van der Waals surface area contributed by atoms with E-state index in [0.29, 0.717) is 5.56 Å². The van der Waals surface area contributed by atoms with E-state index in [1.165, 1.54) is 12.1 Å². The zero-order chi connectivity index (χ0) is 9.14. The van der Waals surface area contributed by atoms with Gasteiger partial charge in [0.05, 0.1) is 0 Å². The number of carbonyl (C=O) groups excluding carboxylic acids is 1. The van der Waals surface area contributed by atoms with E-state index in [1.807, 2.05) is 0 Å². The molecule has 1 rings (SSSR count). The van der Waals surface area contributed by atoms with Gasteiger partial charge < -0.3 is 0 Å². The Labute approximate surface area is 69.0 Å². The minimum atomic E-state index is -1.08. The van der Waals surface area contributed by atoms with Crippen LogP contribution < -0.4 is 0 Å². The third-order valence-electron chi connectivity index (χ3n) is 1.62. The number of halogens is 2. The number of ketones is 1. The summed E-state index contributed by atoms with van der Waals surface area (Å²) in [6.45, 7) is 0.502. The van der Waals surface area contributed by atoms with Crippen molar-refractivity contribution in [2.75, 3.05) is 6.67 Å². The van der Waals surface area contributed by atoms with Gasteiger partial charge in [0.2, 0.25) is 0 Å². The van der Waals surface area contributed by atoms with Crippen molar-refractivity contribution in [3.8, 4) is 0 Å². The number of benzene rings is 1. The summed E-state index contributed by atoms with van der Waals surface area (Å²) >= 11 is 0. The van der Waals surface area contributed by atoms with Gasteiger partial charge in [0, 0.05) is 5.56 Å². The van der Waals surface area contributed by atoms with Crippen LogP contribution >= 0.6 is 0 Å². The molecule has 64 valence electrons. The Morgan fingerprint density at radius 1 is 1.50 bits per heavy atom. The van der Waals surface area contributed by atoms with Crippen LogP contribution in [-0.4, -0.2) is 12.5 Å². The Kier molecular flexibility index (Phi) is 2.53. The van der Waals surface area contributed by atoms with Gasteiger partial charge in [-0.3, -0.25) is 4.79 Å². The lowest BCUT2D eigenvalue weighted by Gasteiger charge is -1.98. The monoisotopic (exact) mass is 170 g/mol. The minimum absolute atomic E-state index is 0.0839. The normalized spacial score (nSPS) is 9.92. The zero-order valence-corrected chi connectivity index (χ0v) is 6.60. The lowest BCUT2D eigenvalue weighted by Crippen LogP contribution is -2.01. The summed E-state index contributed by atoms with van der Waals surface area (Å²) in [4.78, 5) is 10.7. The van der Waals surface area contributed by atoms with Crippen LogP contribution in [0.5, 0.6) is 0 Å². The number of aryl methyl sites for hydroxylation is 1. The molecule has 0 unspecified atom stereocenters. The van der Waals surface area contributed by atoms with Gasteiger partial charge in [0.25, 0.3) is 0 Å². The number of alkyl halides is 1. The highest BCUT2D eigenvalue weighted by Gasteiger charge is 2.06. The summed E-state index contributed by atoms with van der Waals surface area (Å²) in [6, 6.07) is 3.93. The van der Waals surface area contributed by atoms with E-state index in [0.717, 1.165) is 6.07 Å². The third kappa shape index (κ3) is 1.67. The Hall–Kier alpha value is -1.25. The fourth-order valence-corrected chi connectivity index (χ4v) is 0.843. The van der Waals surface area contributed by atoms with Crippen LogP contribution in [0.25, 0.3) is 0 Å². The first-order chi connectivity index (χ1) is 5.65. The van der Waals surface area contributed by atoms with E-state index in [9.17, 15) is 13.6 Å². The predicted molar refractivity (Wildman–Crippen MR) is 41.4 cm³/mol. The smallest absolute Gasteiger partial charge is 0.193 e. The van der Waals surface area contributed by atoms with Crippen LogP contribution in [0.15, 0.2) is 18.2 Å². The van der Waals surface area contributed by atoms with E-state index in [4.69, 9.17) is 0 Å². The summed E-state index contributed by atoms with van der Waals surface area (Å²) in [6.07, 6.45) is 0. The highest BCUT2D eigenvalue weighted by atomic mass is 19.1. The van der Waals surface area contributed by atoms with Crippen LogP contribution in [0.1, 0.15) is 15.9 Å². The van der Waals surface area contributed by atoms with Gasteiger partial charge in [-0.2, -0.15) is 0 Å². The van der Waals surface area contributed by atoms with Gasteiger partial charge in [-0.05, 0) is 18.6 Å². The van der Waals surface area contributed by atoms with Crippen LogP contribution in [-0.2, 0) is 0 Å². The molecule has 0 spiro atoms. The minimum Gasteiger partial charge on any atom is -0.291 e. The molecule has 0 bridgehead atoms. The van der Waals surface area contributed by atoms with Crippen LogP contribution in [0.3, 0.4) is 0 Å². The Bertz CT molecular complexity index is 307. The van der Waals surface area contributed by atoms with Crippen molar-refractivity contribution >= 4 is 5.78 Å². The molecule has 0 radical (unpaired) electrons. The number of rotatable bonds is 2. The number of hydrogen-bond acceptors (Lipinski definition) is 1. The molecule has 0 aromatic heterocycles. The van der Waals surface area contributed by atoms with Crippen molar-refractivity contribution in [2.24, 2.45) is 0 Å². The summed E-state index contributed by atoms with van der Waals surface area (Å²) in [5.41, 5.74) is 0.533. The fraction of sp³-hybridized carbons (Fsp3) is 0.222. The number of carbonyl (C=O) groups is 1. The Morgan fingerprint density at radius 3 is 2.67 bits per heavy atom. The molecule has 12 heavy (non-hydrogen) atoms. The highest BCUT2D eigenvalue weighted by Crippen LogP contribution is 2.09. The van der Waals surface area contributed by atoms with Crippen LogP contribution in [0.4, 0.5) is 8.78 Å². The fourth-order valence-electron chi connectivity index (χ4n) is 0.843. The molecule has 1 aromatic rings. The van der Waals surface area contributed by atoms with E-state index >= 15 is 0 Å². The molecule has 0 fully saturated rings. The second-order valence-corrected chi connectivity index (χ2v) is 2.52. The van der Waals surface area contributed by atoms with Gasteiger partial charge in [-0.25, -0.2) is 8.78 Å². The maximum Gasteiger partial charge on any atom is 0.193 e. The lowest BCUT2D eigenvalue weighted by atomic mass is 10.1. The summed E-state index contributed by atoms with van der Waals surface area (Å²) < 4.78 is 24.6. The van der Waals surface area contributed by atoms with Crippen molar-refractivity contribution in [3.05, 3.63) is 35.1 Å². The van der Waals surface area contributed by atoms with Crippen molar-refractivity contribution in [1.82, 2.24) is 0 Å². The molecule has 0 saturated carbocycles. The summed E-state index contributed by atoms with van der Waals surface area (Å²) in [5.74, 6) is -1.16. The standard InChI is InChI=1S/C9H8F2O/c1-6-2-3-7(4-8(6)11)9(12)5-10/h2-4H,5H2,1H3. The first-order valence-electron chi connectivity index (χ1n) is 3.50. The first kappa shape index (κ1) is 8.84. The molecule has 1 nitrogen and oxygen atoms in total. The maximum absolute atomic E-state index is 12.8. The van der Waals surface area contributed by atoms with Crippen molar-refractivity contribution in [3.63, 3.8) is 0 Å². The Balaban J connectivity index is 3.05. The van der Waals surface area contributed by atoms with Gasteiger partial charge in [-0.1, -0.05) is 12.1 Å². The molecular formula is C9H8F2O. The molecule has 0 amide bonds. The molecule has 3 heteroatoms. The van der Waals surface area contributed by atoms with Crippen molar-refractivity contribution in [1.29, 1.82) is 0 Å². The van der Waals surface area contributed by atoms with E-state index in [2.05, 4.69) is 0 Å². The quantitative estimate of drug-likeness (QED) is 0.622. The first-order valence-corrected chi connectivity index (χ1v) is 3.50. The van der Waals surface area contributed by atoms with Crippen LogP contribution in [0, 0.1) is 12.7 Å². The van der Waals surface area contributed by atoms with Gasteiger partial charge in [0.1, 0.15) is 5.82 Å². The maximum atomic E-state index is 12.8. The van der Waals surface area contributed by atoms with Crippen molar-refractivity contribution in [2.45, 2.75) is 6.92 Å². The predicted octanol–water partition coefficient (Wildman–Crippen LogP) is 2.29. The molecule has 1 aromatic carbocycles. The van der Waals surface area contributed by atoms with Gasteiger partial charge in [0.15, 0.2) is 12.5 Å². The Morgan fingerprint density at radius 2 is 2.17 bits per heavy atom. The SMILES string of the molecule is Cc1ccc(C(=O)CF)cc1F. The second kappa shape index (κ2) is 3.43. The topological polar surface area (TPSA) is 17.1 Å². The van der Waals surface area contributed by atoms with E-state index < -0.39 is 18.3 Å². The molecule has 0 aliphatic carbocycles. The average molecular weight is 170 g/mol. The van der Waals surface area contributed by atoms with Crippen LogP contribution in [0.2, 0.25) is 0 Å². The second-order valence-electron chi connectivity index (χ2n) is 2.52. The highest BCUT2D eigenvalue weighted by molar-refractivity contribution is 5.97. The van der Waals surface area contributed by atoms with Crippen molar-refractivity contribution < 1.29 is 13.6 Å². The van der Waals surface area contributed by atoms with Gasteiger partial charge in [-0.15, -0.1) is 0 Å². The summed E-state index contributed by atoms with van der Waals surface area (Å²) in [5, 5.41) is 0. The molecule has 0 aliphatic rings. The summed E-state index contributed by atoms with van der Waals surface area (Å²) in [7, 11) is 0. The molecule has 0 atom stereocenters. The third-order valence-corrected chi connectivity index (χ3v) is 1.62.